The van der Waals surface area contributed by atoms with Crippen LogP contribution < -0.4 is 0 Å². The molecule has 0 bridgehead atoms. The van der Waals surface area contributed by atoms with Gasteiger partial charge in [-0.1, -0.05) is 24.3 Å². The highest BCUT2D eigenvalue weighted by Gasteiger charge is 2.31. The molecular weight excluding hydrogens is 306 g/mol. The van der Waals surface area contributed by atoms with Crippen molar-refractivity contribution in [3.63, 3.8) is 0 Å². The van der Waals surface area contributed by atoms with Crippen molar-refractivity contribution < 1.29 is 14.7 Å². The molecule has 6 heteroatoms. The van der Waals surface area contributed by atoms with Crippen molar-refractivity contribution in [3.8, 4) is 0 Å². The Kier molecular flexibility index (Phi) is 4.94. The zero-order valence-electron chi connectivity index (χ0n) is 13.9. The van der Waals surface area contributed by atoms with Crippen molar-refractivity contribution >= 4 is 17.5 Å². The summed E-state index contributed by atoms with van der Waals surface area (Å²) in [7, 11) is 1.59. The Morgan fingerprint density at radius 1 is 1.33 bits per heavy atom. The molecule has 0 aromatic heterocycles. The Bertz CT molecular complexity index is 671. The van der Waals surface area contributed by atoms with Gasteiger partial charge in [-0.2, -0.15) is 5.10 Å². The maximum Gasteiger partial charge on any atom is 0.270 e. The van der Waals surface area contributed by atoms with Gasteiger partial charge in [-0.3, -0.25) is 9.59 Å². The van der Waals surface area contributed by atoms with E-state index in [9.17, 15) is 14.7 Å². The molecule has 1 unspecified atom stereocenters. The van der Waals surface area contributed by atoms with E-state index in [4.69, 9.17) is 0 Å². The summed E-state index contributed by atoms with van der Waals surface area (Å²) in [5, 5.41) is 14.6. The normalized spacial score (nSPS) is 21.2. The molecule has 0 saturated carbocycles. The minimum atomic E-state index is -0.0467. The third-order valence-corrected chi connectivity index (χ3v) is 4.73. The molecule has 2 aliphatic heterocycles. The van der Waals surface area contributed by atoms with Gasteiger partial charge < -0.3 is 10.0 Å². The van der Waals surface area contributed by atoms with Crippen molar-refractivity contribution in [1.29, 1.82) is 0 Å². The summed E-state index contributed by atoms with van der Waals surface area (Å²) < 4.78 is 0. The number of aliphatic hydroxyl groups excluding tert-OH is 1. The summed E-state index contributed by atoms with van der Waals surface area (Å²) in [6.07, 6.45) is 2.66. The first-order valence-corrected chi connectivity index (χ1v) is 8.39. The highest BCUT2D eigenvalue weighted by Crippen LogP contribution is 2.22. The largest absolute Gasteiger partial charge is 0.392 e. The first-order valence-electron chi connectivity index (χ1n) is 8.39. The molecule has 2 heterocycles. The number of carbonyl (C=O) groups excluding carboxylic acids is 2. The van der Waals surface area contributed by atoms with Crippen molar-refractivity contribution in [2.24, 2.45) is 11.0 Å². The maximum absolute atomic E-state index is 12.6. The number of rotatable bonds is 4. The first kappa shape index (κ1) is 16.6. The van der Waals surface area contributed by atoms with E-state index in [0.717, 1.165) is 31.5 Å². The van der Waals surface area contributed by atoms with Gasteiger partial charge in [0.25, 0.3) is 5.91 Å². The zero-order valence-corrected chi connectivity index (χ0v) is 13.9. The summed E-state index contributed by atoms with van der Waals surface area (Å²) in [6, 6.07) is 7.96. The standard InChI is InChI=1S/C18H23N3O3/c1-20-17(23)6-5-16(19-20)18(24)21-8-7-14(11-21)9-13-3-2-4-15(10-13)12-22/h2-4,10,14,22H,5-9,11-12H2,1H3. The number of carbonyl (C=O) groups is 2. The maximum atomic E-state index is 12.6. The van der Waals surface area contributed by atoms with E-state index in [0.29, 0.717) is 24.5 Å². The molecule has 1 aromatic carbocycles. The Balaban J connectivity index is 1.60. The highest BCUT2D eigenvalue weighted by atomic mass is 16.3. The fourth-order valence-corrected chi connectivity index (χ4v) is 3.38. The minimum Gasteiger partial charge on any atom is -0.392 e. The Morgan fingerprint density at radius 2 is 2.12 bits per heavy atom. The van der Waals surface area contributed by atoms with Gasteiger partial charge in [0, 0.05) is 33.0 Å². The third kappa shape index (κ3) is 3.64. The number of hydrogen-bond acceptors (Lipinski definition) is 4. The van der Waals surface area contributed by atoms with Gasteiger partial charge in [0.1, 0.15) is 5.71 Å². The first-order chi connectivity index (χ1) is 11.6. The lowest BCUT2D eigenvalue weighted by molar-refractivity contribution is -0.130. The molecule has 0 spiro atoms. The topological polar surface area (TPSA) is 73.2 Å². The number of aliphatic hydroxyl groups is 1. The molecule has 2 aliphatic rings. The highest BCUT2D eigenvalue weighted by molar-refractivity contribution is 6.39. The lowest BCUT2D eigenvalue weighted by atomic mass is 9.97. The van der Waals surface area contributed by atoms with Crippen LogP contribution in [0.25, 0.3) is 0 Å². The predicted octanol–water partition coefficient (Wildman–Crippen LogP) is 1.18. The molecule has 1 atom stereocenters. The van der Waals surface area contributed by atoms with Gasteiger partial charge in [0.15, 0.2) is 0 Å². The van der Waals surface area contributed by atoms with Crippen LogP contribution in [0.15, 0.2) is 29.4 Å². The van der Waals surface area contributed by atoms with Crippen LogP contribution in [-0.2, 0) is 22.6 Å². The second-order valence-electron chi connectivity index (χ2n) is 6.55. The molecule has 0 radical (unpaired) electrons. The summed E-state index contributed by atoms with van der Waals surface area (Å²) in [4.78, 5) is 25.9. The van der Waals surface area contributed by atoms with Crippen molar-refractivity contribution in [2.75, 3.05) is 20.1 Å². The Hall–Kier alpha value is -2.21. The lowest BCUT2D eigenvalue weighted by Gasteiger charge is -2.22. The Morgan fingerprint density at radius 3 is 2.88 bits per heavy atom. The van der Waals surface area contributed by atoms with Crippen molar-refractivity contribution in [1.82, 2.24) is 9.91 Å². The number of hydrazone groups is 1. The zero-order chi connectivity index (χ0) is 17.1. The minimum absolute atomic E-state index is 0.0408. The van der Waals surface area contributed by atoms with Gasteiger partial charge in [-0.25, -0.2) is 5.01 Å². The quantitative estimate of drug-likeness (QED) is 0.901. The van der Waals surface area contributed by atoms with Gasteiger partial charge in [0.2, 0.25) is 5.91 Å². The smallest absolute Gasteiger partial charge is 0.270 e. The molecule has 2 amide bonds. The summed E-state index contributed by atoms with van der Waals surface area (Å²) in [5.74, 6) is 0.335. The van der Waals surface area contributed by atoms with Crippen LogP contribution in [0.2, 0.25) is 0 Å². The van der Waals surface area contributed by atoms with Crippen LogP contribution in [0.1, 0.15) is 30.4 Å². The van der Waals surface area contributed by atoms with E-state index in [2.05, 4.69) is 11.2 Å². The number of likely N-dealkylation sites (tertiary alicyclic amines) is 1. The molecule has 3 rings (SSSR count). The second-order valence-corrected chi connectivity index (χ2v) is 6.55. The van der Waals surface area contributed by atoms with Crippen LogP contribution in [0.4, 0.5) is 0 Å². The van der Waals surface area contributed by atoms with Gasteiger partial charge in [-0.15, -0.1) is 0 Å². The number of amides is 2. The summed E-state index contributed by atoms with van der Waals surface area (Å²) >= 11 is 0. The van der Waals surface area contributed by atoms with Crippen LogP contribution in [-0.4, -0.2) is 52.7 Å². The van der Waals surface area contributed by atoms with E-state index in [1.807, 2.05) is 23.1 Å². The van der Waals surface area contributed by atoms with Crippen LogP contribution in [0.5, 0.6) is 0 Å². The monoisotopic (exact) mass is 329 g/mol. The van der Waals surface area contributed by atoms with E-state index >= 15 is 0 Å². The van der Waals surface area contributed by atoms with Gasteiger partial charge in [0.05, 0.1) is 6.61 Å². The number of nitrogens with zero attached hydrogens (tertiary/aromatic N) is 3. The average molecular weight is 329 g/mol. The van der Waals surface area contributed by atoms with Crippen LogP contribution >= 0.6 is 0 Å². The van der Waals surface area contributed by atoms with Gasteiger partial charge >= 0.3 is 0 Å². The molecule has 6 nitrogen and oxygen atoms in total. The molecule has 0 aliphatic carbocycles. The predicted molar refractivity (Wildman–Crippen MR) is 90.2 cm³/mol. The molecule has 1 N–H and O–H groups in total. The third-order valence-electron chi connectivity index (χ3n) is 4.73. The van der Waals surface area contributed by atoms with E-state index < -0.39 is 0 Å². The van der Waals surface area contributed by atoms with Crippen LogP contribution in [0, 0.1) is 5.92 Å². The van der Waals surface area contributed by atoms with E-state index in [1.54, 1.807) is 7.05 Å². The molecule has 24 heavy (non-hydrogen) atoms. The van der Waals surface area contributed by atoms with E-state index in [-0.39, 0.29) is 18.4 Å². The van der Waals surface area contributed by atoms with Crippen molar-refractivity contribution in [2.45, 2.75) is 32.3 Å². The molecule has 1 aromatic rings. The molecule has 128 valence electrons. The second kappa shape index (κ2) is 7.13. The summed E-state index contributed by atoms with van der Waals surface area (Å²) in [6.45, 7) is 1.51. The SMILES string of the molecule is CN1N=C(C(=O)N2CCC(Cc3cccc(CO)c3)C2)CCC1=O. The Labute approximate surface area is 141 Å². The average Bonchev–Trinajstić information content (AvgIpc) is 3.05. The fraction of sp³-hybridized carbons (Fsp3) is 0.500. The number of hydrogen-bond donors (Lipinski definition) is 1. The molecular formula is C18H23N3O3. The fourth-order valence-electron chi connectivity index (χ4n) is 3.38. The molecule has 1 saturated heterocycles. The number of benzene rings is 1. The van der Waals surface area contributed by atoms with Crippen molar-refractivity contribution in [3.05, 3.63) is 35.4 Å². The van der Waals surface area contributed by atoms with Crippen LogP contribution in [0.3, 0.4) is 0 Å². The van der Waals surface area contributed by atoms with E-state index in [1.165, 1.54) is 10.6 Å². The molecule has 1 fully saturated rings. The lowest BCUT2D eigenvalue weighted by Crippen LogP contribution is -2.39. The van der Waals surface area contributed by atoms with Gasteiger partial charge in [-0.05, 0) is 29.9 Å². The summed E-state index contributed by atoms with van der Waals surface area (Å²) in [5.41, 5.74) is 2.60.